The number of hydrogen-bond acceptors (Lipinski definition) is 2. The summed E-state index contributed by atoms with van der Waals surface area (Å²) in [6, 6.07) is 3.70. The Kier molecular flexibility index (Phi) is 4.19. The van der Waals surface area contributed by atoms with Crippen molar-refractivity contribution in [1.82, 2.24) is 10.3 Å². The summed E-state index contributed by atoms with van der Waals surface area (Å²) in [5.41, 5.74) is 2.15. The first-order valence-corrected chi connectivity index (χ1v) is 7.24. The molecule has 1 aromatic rings. The number of pyridine rings is 1. The van der Waals surface area contributed by atoms with E-state index >= 15 is 0 Å². The third-order valence-electron chi connectivity index (χ3n) is 4.00. The van der Waals surface area contributed by atoms with Crippen LogP contribution in [0.2, 0.25) is 5.15 Å². The molecule has 0 spiro atoms. The molecule has 3 nitrogen and oxygen atoms in total. The van der Waals surface area contributed by atoms with E-state index in [2.05, 4.69) is 44.1 Å². The van der Waals surface area contributed by atoms with Crippen molar-refractivity contribution in [2.24, 2.45) is 17.3 Å². The Morgan fingerprint density at radius 1 is 1.50 bits per heavy atom. The highest BCUT2D eigenvalue weighted by Gasteiger charge is 2.60. The van der Waals surface area contributed by atoms with Crippen molar-refractivity contribution in [3.05, 3.63) is 40.7 Å². The van der Waals surface area contributed by atoms with Crippen LogP contribution >= 0.6 is 11.6 Å². The minimum atomic E-state index is 0.0418. The van der Waals surface area contributed by atoms with E-state index in [4.69, 9.17) is 11.6 Å². The van der Waals surface area contributed by atoms with Gasteiger partial charge in [0.1, 0.15) is 5.15 Å². The second-order valence-electron chi connectivity index (χ2n) is 6.24. The Labute approximate surface area is 125 Å². The molecular weight excluding hydrogens is 272 g/mol. The van der Waals surface area contributed by atoms with E-state index in [0.29, 0.717) is 17.6 Å². The summed E-state index contributed by atoms with van der Waals surface area (Å²) in [6.07, 6.45) is 3.84. The van der Waals surface area contributed by atoms with Gasteiger partial charge < -0.3 is 5.32 Å². The number of aromatic nitrogens is 1. The van der Waals surface area contributed by atoms with Gasteiger partial charge in [-0.15, -0.1) is 0 Å². The van der Waals surface area contributed by atoms with E-state index < -0.39 is 0 Å². The Balaban J connectivity index is 1.97. The van der Waals surface area contributed by atoms with Crippen molar-refractivity contribution in [2.45, 2.75) is 34.2 Å². The first-order chi connectivity index (χ1) is 9.34. The van der Waals surface area contributed by atoms with Gasteiger partial charge in [-0.1, -0.05) is 43.2 Å². The first kappa shape index (κ1) is 15.0. The van der Waals surface area contributed by atoms with Crippen LogP contribution in [0.15, 0.2) is 30.0 Å². The van der Waals surface area contributed by atoms with Crippen LogP contribution in [-0.4, -0.2) is 10.9 Å². The van der Waals surface area contributed by atoms with Gasteiger partial charge in [-0.2, -0.15) is 0 Å². The van der Waals surface area contributed by atoms with E-state index in [-0.39, 0.29) is 17.2 Å². The topological polar surface area (TPSA) is 42.0 Å². The van der Waals surface area contributed by atoms with E-state index in [9.17, 15) is 4.79 Å². The van der Waals surface area contributed by atoms with Crippen molar-refractivity contribution in [3.63, 3.8) is 0 Å². The van der Waals surface area contributed by atoms with E-state index in [0.717, 1.165) is 5.56 Å². The van der Waals surface area contributed by atoms with Gasteiger partial charge in [0.15, 0.2) is 0 Å². The van der Waals surface area contributed by atoms with Crippen LogP contribution in [0.4, 0.5) is 0 Å². The largest absolute Gasteiger partial charge is 0.352 e. The van der Waals surface area contributed by atoms with Crippen molar-refractivity contribution in [3.8, 4) is 0 Å². The fourth-order valence-corrected chi connectivity index (χ4v) is 2.88. The molecule has 1 aromatic heterocycles. The highest BCUT2D eigenvalue weighted by Crippen LogP contribution is 2.59. The molecule has 0 aliphatic heterocycles. The number of nitrogens with zero attached hydrogens (tertiary/aromatic N) is 1. The van der Waals surface area contributed by atoms with E-state index in [1.54, 1.807) is 6.20 Å². The summed E-state index contributed by atoms with van der Waals surface area (Å²) in [6.45, 7) is 8.84. The van der Waals surface area contributed by atoms with E-state index in [1.165, 1.54) is 5.57 Å². The van der Waals surface area contributed by atoms with Crippen molar-refractivity contribution in [1.29, 1.82) is 0 Å². The molecule has 0 bridgehead atoms. The highest BCUT2D eigenvalue weighted by molar-refractivity contribution is 6.30. The molecule has 1 N–H and O–H groups in total. The maximum atomic E-state index is 12.3. The van der Waals surface area contributed by atoms with Crippen LogP contribution < -0.4 is 5.32 Å². The molecular formula is C16H21ClN2O. The minimum absolute atomic E-state index is 0.0418. The molecule has 2 unspecified atom stereocenters. The molecule has 1 amide bonds. The molecule has 20 heavy (non-hydrogen) atoms. The van der Waals surface area contributed by atoms with Crippen LogP contribution in [0.5, 0.6) is 0 Å². The van der Waals surface area contributed by atoms with Crippen LogP contribution in [0.1, 0.15) is 33.3 Å². The normalized spacial score (nSPS) is 23.1. The standard InChI is InChI=1S/C16H21ClN2O/c1-10(2)8-12-13(16(12,3)4)15(20)19-9-11-6-5-7-18-14(11)17/h5-8,12-13H,9H2,1-4H3,(H,19,20). The number of allylic oxidation sites excluding steroid dienone is 2. The fourth-order valence-electron chi connectivity index (χ4n) is 2.69. The van der Waals surface area contributed by atoms with Gasteiger partial charge in [0.05, 0.1) is 5.92 Å². The maximum absolute atomic E-state index is 12.3. The summed E-state index contributed by atoms with van der Waals surface area (Å²) >= 11 is 5.98. The molecule has 1 aliphatic carbocycles. The van der Waals surface area contributed by atoms with Gasteiger partial charge in [0, 0.05) is 18.3 Å². The van der Waals surface area contributed by atoms with Crippen molar-refractivity contribution in [2.75, 3.05) is 0 Å². The van der Waals surface area contributed by atoms with Crippen molar-refractivity contribution >= 4 is 17.5 Å². The number of amides is 1. The lowest BCUT2D eigenvalue weighted by atomic mass is 10.1. The fraction of sp³-hybridized carbons (Fsp3) is 0.500. The van der Waals surface area contributed by atoms with E-state index in [1.807, 2.05) is 12.1 Å². The zero-order valence-corrected chi connectivity index (χ0v) is 13.2. The second-order valence-corrected chi connectivity index (χ2v) is 6.60. The smallest absolute Gasteiger partial charge is 0.224 e. The average Bonchev–Trinajstić information content (AvgIpc) is 2.88. The lowest BCUT2D eigenvalue weighted by Gasteiger charge is -2.07. The molecule has 2 rings (SSSR count). The lowest BCUT2D eigenvalue weighted by molar-refractivity contribution is -0.123. The summed E-state index contributed by atoms with van der Waals surface area (Å²) in [4.78, 5) is 16.3. The summed E-state index contributed by atoms with van der Waals surface area (Å²) < 4.78 is 0. The maximum Gasteiger partial charge on any atom is 0.224 e. The zero-order valence-electron chi connectivity index (χ0n) is 12.4. The predicted octanol–water partition coefficient (Wildman–Crippen LogP) is 3.59. The summed E-state index contributed by atoms with van der Waals surface area (Å²) in [7, 11) is 0. The SMILES string of the molecule is CC(C)=CC1C(C(=O)NCc2cccnc2Cl)C1(C)C. The minimum Gasteiger partial charge on any atom is -0.352 e. The first-order valence-electron chi connectivity index (χ1n) is 6.86. The molecule has 108 valence electrons. The van der Waals surface area contributed by atoms with Crippen LogP contribution in [-0.2, 0) is 11.3 Å². The Morgan fingerprint density at radius 2 is 2.20 bits per heavy atom. The molecule has 1 saturated carbocycles. The van der Waals surface area contributed by atoms with Gasteiger partial charge in [-0.05, 0) is 31.2 Å². The quantitative estimate of drug-likeness (QED) is 0.681. The molecule has 2 atom stereocenters. The average molecular weight is 293 g/mol. The monoisotopic (exact) mass is 292 g/mol. The van der Waals surface area contributed by atoms with Gasteiger partial charge in [0.2, 0.25) is 5.91 Å². The molecule has 0 saturated heterocycles. The zero-order chi connectivity index (χ0) is 14.9. The number of rotatable bonds is 4. The Hall–Kier alpha value is -1.35. The second kappa shape index (κ2) is 5.57. The third kappa shape index (κ3) is 3.04. The third-order valence-corrected chi connectivity index (χ3v) is 4.34. The number of carbonyl (C=O) groups excluding carboxylic acids is 1. The Morgan fingerprint density at radius 3 is 2.80 bits per heavy atom. The van der Waals surface area contributed by atoms with Crippen LogP contribution in [0, 0.1) is 17.3 Å². The van der Waals surface area contributed by atoms with Gasteiger partial charge in [0.25, 0.3) is 0 Å². The predicted molar refractivity (Wildman–Crippen MR) is 81.3 cm³/mol. The number of halogens is 1. The van der Waals surface area contributed by atoms with Crippen LogP contribution in [0.3, 0.4) is 0 Å². The molecule has 1 aliphatic rings. The van der Waals surface area contributed by atoms with Gasteiger partial charge in [-0.3, -0.25) is 4.79 Å². The molecule has 0 aromatic carbocycles. The number of hydrogen-bond donors (Lipinski definition) is 1. The van der Waals surface area contributed by atoms with Gasteiger partial charge >= 0.3 is 0 Å². The highest BCUT2D eigenvalue weighted by atomic mass is 35.5. The van der Waals surface area contributed by atoms with Crippen LogP contribution in [0.25, 0.3) is 0 Å². The molecule has 1 heterocycles. The molecule has 0 radical (unpaired) electrons. The molecule has 1 fully saturated rings. The lowest BCUT2D eigenvalue weighted by Crippen LogP contribution is -2.26. The number of carbonyl (C=O) groups is 1. The number of nitrogens with one attached hydrogen (secondary N) is 1. The van der Waals surface area contributed by atoms with Gasteiger partial charge in [-0.25, -0.2) is 4.98 Å². The molecule has 4 heteroatoms. The van der Waals surface area contributed by atoms with Crippen molar-refractivity contribution < 1.29 is 4.79 Å². The summed E-state index contributed by atoms with van der Waals surface area (Å²) in [5.74, 6) is 0.474. The summed E-state index contributed by atoms with van der Waals surface area (Å²) in [5, 5.41) is 3.42. The Bertz CT molecular complexity index is 547.